The molecule has 1 aliphatic heterocycles. The van der Waals surface area contributed by atoms with E-state index in [1.807, 2.05) is 42.2 Å². The number of amides is 1. The summed E-state index contributed by atoms with van der Waals surface area (Å²) < 4.78 is 11.8. The third-order valence-electron chi connectivity index (χ3n) is 4.96. The van der Waals surface area contributed by atoms with Crippen LogP contribution in [-0.2, 0) is 4.74 Å². The molecular formula is C23H26BrNO4. The molecule has 1 unspecified atom stereocenters. The maximum Gasteiger partial charge on any atom is 0.254 e. The lowest BCUT2D eigenvalue weighted by Gasteiger charge is -2.36. The van der Waals surface area contributed by atoms with Gasteiger partial charge in [-0.25, -0.2) is 0 Å². The maximum atomic E-state index is 13.3. The third kappa shape index (κ3) is 5.32. The van der Waals surface area contributed by atoms with Gasteiger partial charge in [-0.05, 0) is 72.0 Å². The summed E-state index contributed by atoms with van der Waals surface area (Å²) in [6, 6.07) is 12.7. The van der Waals surface area contributed by atoms with Crippen molar-refractivity contribution in [2.45, 2.75) is 32.2 Å². The number of rotatable bonds is 7. The second-order valence-electron chi connectivity index (χ2n) is 6.89. The highest BCUT2D eigenvalue weighted by Crippen LogP contribution is 2.33. The minimum Gasteiger partial charge on any atom is -0.507 e. The maximum absolute atomic E-state index is 13.3. The Hall–Kier alpha value is -2.47. The first kappa shape index (κ1) is 21.2. The lowest BCUT2D eigenvalue weighted by Crippen LogP contribution is -2.46. The summed E-state index contributed by atoms with van der Waals surface area (Å²) >= 11 is 3.35. The number of hydrogen-bond acceptors (Lipinski definition) is 4. The van der Waals surface area contributed by atoms with E-state index in [0.29, 0.717) is 35.5 Å². The molecule has 0 bridgehead atoms. The Bertz CT molecular complexity index is 868. The van der Waals surface area contributed by atoms with Crippen molar-refractivity contribution in [2.75, 3.05) is 19.8 Å². The summed E-state index contributed by atoms with van der Waals surface area (Å²) in [4.78, 5) is 15.3. The summed E-state index contributed by atoms with van der Waals surface area (Å²) in [6.45, 7) is 3.59. The summed E-state index contributed by atoms with van der Waals surface area (Å²) in [5.74, 6) is 0.710. The van der Waals surface area contributed by atoms with E-state index in [9.17, 15) is 9.90 Å². The number of piperidine rings is 1. The van der Waals surface area contributed by atoms with Gasteiger partial charge in [0.15, 0.2) is 0 Å². The van der Waals surface area contributed by atoms with Crippen LogP contribution in [0.3, 0.4) is 0 Å². The van der Waals surface area contributed by atoms with Crippen LogP contribution in [0.5, 0.6) is 11.5 Å². The number of phenols is 1. The second kappa shape index (κ2) is 10.3. The number of phenolic OH excluding ortho intramolecular Hbond substituents is 1. The summed E-state index contributed by atoms with van der Waals surface area (Å²) in [7, 11) is 0. The lowest BCUT2D eigenvalue weighted by molar-refractivity contribution is 0.0527. The number of benzene rings is 2. The number of carbonyl (C=O) groups excluding carboxylic acids is 1. The number of hydrogen-bond donors (Lipinski definition) is 1. The molecule has 6 heteroatoms. The predicted octanol–water partition coefficient (Wildman–Crippen LogP) is 5.24. The van der Waals surface area contributed by atoms with Crippen molar-refractivity contribution in [1.82, 2.24) is 4.90 Å². The molecule has 0 aliphatic carbocycles. The first-order valence-corrected chi connectivity index (χ1v) is 10.7. The van der Waals surface area contributed by atoms with E-state index in [1.54, 1.807) is 24.5 Å². The fourth-order valence-electron chi connectivity index (χ4n) is 3.45. The number of likely N-dealkylation sites (tertiary alicyclic amines) is 1. The lowest BCUT2D eigenvalue weighted by atomic mass is 9.99. The first-order valence-electron chi connectivity index (χ1n) is 9.90. The minimum absolute atomic E-state index is 0.00465. The van der Waals surface area contributed by atoms with E-state index in [1.165, 1.54) is 0 Å². The van der Waals surface area contributed by atoms with E-state index in [4.69, 9.17) is 9.47 Å². The number of nitrogens with zero attached hydrogens (tertiary/aromatic N) is 1. The number of carbonyl (C=O) groups is 1. The Morgan fingerprint density at radius 1 is 1.24 bits per heavy atom. The van der Waals surface area contributed by atoms with Crippen LogP contribution in [0.4, 0.5) is 0 Å². The molecule has 2 aromatic carbocycles. The van der Waals surface area contributed by atoms with E-state index in [2.05, 4.69) is 15.9 Å². The molecular weight excluding hydrogens is 434 g/mol. The molecule has 0 saturated carbocycles. The highest BCUT2D eigenvalue weighted by Gasteiger charge is 2.29. The topological polar surface area (TPSA) is 59.0 Å². The van der Waals surface area contributed by atoms with Gasteiger partial charge >= 0.3 is 0 Å². The van der Waals surface area contributed by atoms with Gasteiger partial charge in [-0.15, -0.1) is 0 Å². The summed E-state index contributed by atoms with van der Waals surface area (Å²) in [5, 5.41) is 9.84. The zero-order valence-electron chi connectivity index (χ0n) is 16.5. The van der Waals surface area contributed by atoms with Crippen molar-refractivity contribution in [2.24, 2.45) is 0 Å². The average molecular weight is 460 g/mol. The fraction of sp³-hybridized carbons (Fsp3) is 0.348. The van der Waals surface area contributed by atoms with Crippen LogP contribution < -0.4 is 4.74 Å². The molecule has 1 saturated heterocycles. The largest absolute Gasteiger partial charge is 0.507 e. The molecule has 2 aromatic rings. The van der Waals surface area contributed by atoms with Crippen molar-refractivity contribution in [3.05, 3.63) is 64.3 Å². The van der Waals surface area contributed by atoms with Crippen molar-refractivity contribution in [3.63, 3.8) is 0 Å². The quantitative estimate of drug-likeness (QED) is 0.575. The van der Waals surface area contributed by atoms with E-state index in [0.717, 1.165) is 24.8 Å². The Labute approximate surface area is 180 Å². The molecule has 5 nitrogen and oxygen atoms in total. The van der Waals surface area contributed by atoms with Gasteiger partial charge in [-0.2, -0.15) is 0 Å². The summed E-state index contributed by atoms with van der Waals surface area (Å²) in [5.41, 5.74) is 1.50. The van der Waals surface area contributed by atoms with Gasteiger partial charge in [0.05, 0.1) is 18.9 Å². The van der Waals surface area contributed by atoms with Gasteiger partial charge in [-0.3, -0.25) is 4.79 Å². The SMILES string of the molecule is CCO/C=C/c1ccccc1C(=O)N1CCCCC1COc1cccc(O)c1Br. The van der Waals surface area contributed by atoms with E-state index < -0.39 is 0 Å². The van der Waals surface area contributed by atoms with Crippen LogP contribution in [0.25, 0.3) is 6.08 Å². The fourth-order valence-corrected chi connectivity index (χ4v) is 3.83. The Kier molecular flexibility index (Phi) is 7.58. The molecule has 1 N–H and O–H groups in total. The van der Waals surface area contributed by atoms with Gasteiger partial charge in [-0.1, -0.05) is 24.3 Å². The van der Waals surface area contributed by atoms with Gasteiger partial charge in [0.1, 0.15) is 22.6 Å². The molecule has 0 radical (unpaired) electrons. The molecule has 0 aromatic heterocycles. The number of halogens is 1. The van der Waals surface area contributed by atoms with Crippen LogP contribution in [0, 0.1) is 0 Å². The zero-order chi connectivity index (χ0) is 20.6. The Morgan fingerprint density at radius 3 is 2.90 bits per heavy atom. The van der Waals surface area contributed by atoms with Crippen LogP contribution in [0.1, 0.15) is 42.1 Å². The van der Waals surface area contributed by atoms with Crippen LogP contribution in [-0.4, -0.2) is 41.7 Å². The molecule has 0 spiro atoms. The second-order valence-corrected chi connectivity index (χ2v) is 7.69. The molecule has 1 fully saturated rings. The standard InChI is InChI=1S/C23H26BrNO4/c1-2-28-15-13-17-8-3-4-10-19(17)23(27)25-14-6-5-9-18(25)16-29-21-12-7-11-20(26)22(21)24/h3-4,7-8,10-13,15,18,26H,2,5-6,9,14,16H2,1H3/b15-13+. The van der Waals surface area contributed by atoms with E-state index in [-0.39, 0.29) is 17.7 Å². The minimum atomic E-state index is -0.0190. The van der Waals surface area contributed by atoms with Crippen LogP contribution in [0.15, 0.2) is 53.2 Å². The smallest absolute Gasteiger partial charge is 0.254 e. The van der Waals surface area contributed by atoms with Crippen molar-refractivity contribution < 1.29 is 19.4 Å². The average Bonchev–Trinajstić information content (AvgIpc) is 2.75. The van der Waals surface area contributed by atoms with Crippen LogP contribution in [0.2, 0.25) is 0 Å². The Balaban J connectivity index is 1.76. The molecule has 1 aliphatic rings. The van der Waals surface area contributed by atoms with Crippen molar-refractivity contribution in [3.8, 4) is 11.5 Å². The van der Waals surface area contributed by atoms with Crippen molar-refractivity contribution in [1.29, 1.82) is 0 Å². The monoisotopic (exact) mass is 459 g/mol. The predicted molar refractivity (Wildman–Crippen MR) is 117 cm³/mol. The number of ether oxygens (including phenoxy) is 2. The van der Waals surface area contributed by atoms with Crippen molar-refractivity contribution >= 4 is 27.9 Å². The zero-order valence-corrected chi connectivity index (χ0v) is 18.1. The third-order valence-corrected chi connectivity index (χ3v) is 5.76. The molecule has 1 heterocycles. The van der Waals surface area contributed by atoms with Gasteiger partial charge < -0.3 is 19.5 Å². The molecule has 154 valence electrons. The Morgan fingerprint density at radius 2 is 2.07 bits per heavy atom. The highest BCUT2D eigenvalue weighted by molar-refractivity contribution is 9.10. The molecule has 1 amide bonds. The van der Waals surface area contributed by atoms with E-state index >= 15 is 0 Å². The first-order chi connectivity index (χ1) is 14.1. The van der Waals surface area contributed by atoms with Gasteiger partial charge in [0, 0.05) is 12.1 Å². The number of aromatic hydroxyl groups is 1. The normalized spacial score (nSPS) is 16.8. The van der Waals surface area contributed by atoms with Gasteiger partial charge in [0.25, 0.3) is 5.91 Å². The summed E-state index contributed by atoms with van der Waals surface area (Å²) in [6.07, 6.45) is 6.39. The molecule has 3 rings (SSSR count). The molecule has 1 atom stereocenters. The van der Waals surface area contributed by atoms with Gasteiger partial charge in [0.2, 0.25) is 0 Å². The van der Waals surface area contributed by atoms with Crippen LogP contribution >= 0.6 is 15.9 Å². The highest BCUT2D eigenvalue weighted by atomic mass is 79.9. The molecule has 29 heavy (non-hydrogen) atoms.